The molecule has 0 saturated carbocycles. The van der Waals surface area contributed by atoms with Crippen molar-refractivity contribution >= 4 is 23.2 Å². The van der Waals surface area contributed by atoms with Crippen molar-refractivity contribution in [1.82, 2.24) is 5.32 Å². The molecule has 0 spiro atoms. The molecule has 2 amide bonds. The number of aryl methyl sites for hydroxylation is 1. The summed E-state index contributed by atoms with van der Waals surface area (Å²) in [5.41, 5.74) is 8.01. The molecule has 1 aromatic rings. The van der Waals surface area contributed by atoms with E-state index in [2.05, 4.69) is 10.6 Å². The van der Waals surface area contributed by atoms with Crippen molar-refractivity contribution in [3.05, 3.63) is 23.3 Å². The fraction of sp³-hybridized carbons (Fsp3) is 0.333. The van der Waals surface area contributed by atoms with Gasteiger partial charge in [0.25, 0.3) is 5.91 Å². The Morgan fingerprint density at radius 3 is 2.71 bits per heavy atom. The van der Waals surface area contributed by atoms with Crippen LogP contribution in [0.2, 0.25) is 0 Å². The highest BCUT2D eigenvalue weighted by atomic mass is 16.2. The maximum atomic E-state index is 11.9. The predicted molar refractivity (Wildman–Crippen MR) is 65.8 cm³/mol. The third-order valence-corrected chi connectivity index (χ3v) is 2.99. The van der Waals surface area contributed by atoms with Crippen molar-refractivity contribution in [2.75, 3.05) is 11.1 Å². The van der Waals surface area contributed by atoms with Gasteiger partial charge < -0.3 is 16.4 Å². The second kappa shape index (κ2) is 4.08. The molecular formula is C12H15N3O2. The molecule has 2 rings (SSSR count). The summed E-state index contributed by atoms with van der Waals surface area (Å²) >= 11 is 0. The summed E-state index contributed by atoms with van der Waals surface area (Å²) in [6, 6.07) is 2.94. The third-order valence-electron chi connectivity index (χ3n) is 2.99. The Labute approximate surface area is 99.4 Å². The van der Waals surface area contributed by atoms with Crippen LogP contribution in [0.15, 0.2) is 12.1 Å². The van der Waals surface area contributed by atoms with E-state index in [4.69, 9.17) is 5.73 Å². The zero-order chi connectivity index (χ0) is 12.6. The molecule has 1 heterocycles. The van der Waals surface area contributed by atoms with E-state index < -0.39 is 6.04 Å². The van der Waals surface area contributed by atoms with Crippen molar-refractivity contribution in [2.45, 2.75) is 26.3 Å². The van der Waals surface area contributed by atoms with Crippen LogP contribution in [-0.2, 0) is 4.79 Å². The number of hydrogen-bond donors (Lipinski definition) is 3. The van der Waals surface area contributed by atoms with Crippen LogP contribution in [0.5, 0.6) is 0 Å². The number of nitrogens with two attached hydrogens (primary N) is 1. The Morgan fingerprint density at radius 1 is 1.35 bits per heavy atom. The lowest BCUT2D eigenvalue weighted by Gasteiger charge is -2.12. The van der Waals surface area contributed by atoms with Crippen molar-refractivity contribution < 1.29 is 9.59 Å². The van der Waals surface area contributed by atoms with E-state index >= 15 is 0 Å². The van der Waals surface area contributed by atoms with Gasteiger partial charge in [-0.3, -0.25) is 9.59 Å². The highest BCUT2D eigenvalue weighted by molar-refractivity contribution is 6.12. The Hall–Kier alpha value is -2.04. The number of hydrogen-bond acceptors (Lipinski definition) is 3. The van der Waals surface area contributed by atoms with Crippen LogP contribution in [0.4, 0.5) is 11.4 Å². The average molecular weight is 233 g/mol. The van der Waals surface area contributed by atoms with Crippen LogP contribution < -0.4 is 16.4 Å². The van der Waals surface area contributed by atoms with Crippen LogP contribution in [0.1, 0.15) is 29.3 Å². The summed E-state index contributed by atoms with van der Waals surface area (Å²) in [5.74, 6) is -0.492. The van der Waals surface area contributed by atoms with E-state index in [9.17, 15) is 9.59 Å². The Balaban J connectivity index is 2.54. The van der Waals surface area contributed by atoms with E-state index in [0.717, 1.165) is 5.56 Å². The minimum Gasteiger partial charge on any atom is -0.397 e. The largest absolute Gasteiger partial charge is 0.397 e. The normalized spacial score (nSPS) is 19.1. The van der Waals surface area contributed by atoms with E-state index in [1.807, 2.05) is 13.8 Å². The van der Waals surface area contributed by atoms with Gasteiger partial charge in [-0.1, -0.05) is 13.0 Å². The van der Waals surface area contributed by atoms with Gasteiger partial charge in [0.15, 0.2) is 0 Å². The number of nitrogens with one attached hydrogen (secondary N) is 2. The molecule has 1 unspecified atom stereocenters. The number of carbonyl (C=O) groups excluding carboxylic acids is 2. The average Bonchev–Trinajstić information content (AvgIpc) is 2.42. The molecule has 0 saturated heterocycles. The fourth-order valence-electron chi connectivity index (χ4n) is 1.85. The van der Waals surface area contributed by atoms with E-state index in [-0.39, 0.29) is 11.8 Å². The number of rotatable bonds is 1. The summed E-state index contributed by atoms with van der Waals surface area (Å²) < 4.78 is 0. The number of carbonyl (C=O) groups is 2. The van der Waals surface area contributed by atoms with Crippen molar-refractivity contribution in [1.29, 1.82) is 0 Å². The minimum atomic E-state index is -0.505. The molecule has 4 N–H and O–H groups in total. The van der Waals surface area contributed by atoms with Crippen LogP contribution in [-0.4, -0.2) is 17.9 Å². The van der Waals surface area contributed by atoms with E-state index in [0.29, 0.717) is 23.4 Å². The van der Waals surface area contributed by atoms with Crippen molar-refractivity contribution in [3.63, 3.8) is 0 Å². The van der Waals surface area contributed by atoms with E-state index in [1.54, 1.807) is 12.1 Å². The maximum Gasteiger partial charge on any atom is 0.254 e. The summed E-state index contributed by atoms with van der Waals surface area (Å²) in [7, 11) is 0. The summed E-state index contributed by atoms with van der Waals surface area (Å²) in [4.78, 5) is 23.8. The number of fused-ring (bicyclic) bond motifs is 1. The molecule has 1 aromatic carbocycles. The monoisotopic (exact) mass is 233 g/mol. The second-order valence-corrected chi connectivity index (χ2v) is 4.14. The van der Waals surface area contributed by atoms with Crippen LogP contribution in [0, 0.1) is 6.92 Å². The fourth-order valence-corrected chi connectivity index (χ4v) is 1.85. The molecule has 1 aliphatic heterocycles. The molecule has 0 aromatic heterocycles. The molecule has 0 bridgehead atoms. The van der Waals surface area contributed by atoms with Gasteiger partial charge in [0.2, 0.25) is 5.91 Å². The van der Waals surface area contributed by atoms with Crippen LogP contribution >= 0.6 is 0 Å². The summed E-state index contributed by atoms with van der Waals surface area (Å²) in [6.45, 7) is 3.68. The molecule has 90 valence electrons. The predicted octanol–water partition coefficient (Wildman–Crippen LogP) is 1.04. The molecule has 0 aliphatic carbocycles. The number of benzene rings is 1. The lowest BCUT2D eigenvalue weighted by Crippen LogP contribution is -2.40. The molecular weight excluding hydrogens is 218 g/mol. The Kier molecular flexibility index (Phi) is 2.75. The van der Waals surface area contributed by atoms with E-state index in [1.165, 1.54) is 0 Å². The van der Waals surface area contributed by atoms with Gasteiger partial charge in [-0.15, -0.1) is 0 Å². The van der Waals surface area contributed by atoms with Gasteiger partial charge in [-0.05, 0) is 25.0 Å². The van der Waals surface area contributed by atoms with Gasteiger partial charge in [0, 0.05) is 0 Å². The first-order chi connectivity index (χ1) is 8.04. The molecule has 5 nitrogen and oxygen atoms in total. The molecule has 1 atom stereocenters. The highest BCUT2D eigenvalue weighted by Gasteiger charge is 2.27. The molecule has 5 heteroatoms. The number of anilines is 2. The maximum absolute atomic E-state index is 11.9. The van der Waals surface area contributed by atoms with Gasteiger partial charge in [-0.2, -0.15) is 0 Å². The second-order valence-electron chi connectivity index (χ2n) is 4.14. The SMILES string of the molecule is CCC1NC(=O)c2ccc(C)c(N)c2NC1=O. The van der Waals surface area contributed by atoms with Gasteiger partial charge in [0.05, 0.1) is 16.9 Å². The lowest BCUT2D eigenvalue weighted by atomic mass is 10.1. The summed E-state index contributed by atoms with van der Waals surface area (Å²) in [6.07, 6.45) is 0.546. The lowest BCUT2D eigenvalue weighted by molar-refractivity contribution is -0.117. The van der Waals surface area contributed by atoms with Crippen LogP contribution in [0.25, 0.3) is 0 Å². The zero-order valence-electron chi connectivity index (χ0n) is 9.83. The molecule has 0 radical (unpaired) electrons. The summed E-state index contributed by atoms with van der Waals surface area (Å²) in [5, 5.41) is 5.39. The number of nitrogen functional groups attached to an aromatic ring is 1. The Morgan fingerprint density at radius 2 is 2.06 bits per heavy atom. The van der Waals surface area contributed by atoms with Gasteiger partial charge in [-0.25, -0.2) is 0 Å². The third kappa shape index (κ3) is 1.84. The van der Waals surface area contributed by atoms with Crippen molar-refractivity contribution in [3.8, 4) is 0 Å². The number of amides is 2. The van der Waals surface area contributed by atoms with Gasteiger partial charge in [0.1, 0.15) is 6.04 Å². The highest BCUT2D eigenvalue weighted by Crippen LogP contribution is 2.28. The first-order valence-corrected chi connectivity index (χ1v) is 5.55. The molecule has 1 aliphatic rings. The van der Waals surface area contributed by atoms with Gasteiger partial charge >= 0.3 is 0 Å². The zero-order valence-corrected chi connectivity index (χ0v) is 9.83. The standard InChI is InChI=1S/C12H15N3O2/c1-3-8-12(17)15-10-7(11(16)14-8)5-4-6(2)9(10)13/h4-5,8H,3,13H2,1-2H3,(H,14,16)(H,15,17). The first-order valence-electron chi connectivity index (χ1n) is 5.55. The smallest absolute Gasteiger partial charge is 0.254 e. The Bertz CT molecular complexity index is 497. The molecule has 17 heavy (non-hydrogen) atoms. The quantitative estimate of drug-likeness (QED) is 0.633. The van der Waals surface area contributed by atoms with Crippen LogP contribution in [0.3, 0.4) is 0 Å². The topological polar surface area (TPSA) is 84.2 Å². The first kappa shape index (κ1) is 11.4. The van der Waals surface area contributed by atoms with Crippen molar-refractivity contribution in [2.24, 2.45) is 0 Å². The molecule has 0 fully saturated rings. The minimum absolute atomic E-state index is 0.225.